The minimum Gasteiger partial charge on any atom is -0.296 e. The molecule has 1 radical (unpaired) electrons. The lowest BCUT2D eigenvalue weighted by Gasteiger charge is -2.56. The molecular weight excluding hydrogens is 729 g/mol. The zero-order chi connectivity index (χ0) is 43.8. The van der Waals surface area contributed by atoms with Crippen LogP contribution in [0.5, 0.6) is 0 Å². The number of unbranched alkanes of at least 4 members (excludes halogenated alkanes) is 39. The molecule has 355 valence electrons. The van der Waals surface area contributed by atoms with Crippen LogP contribution in [-0.4, -0.2) is 8.32 Å². The van der Waals surface area contributed by atoms with Gasteiger partial charge in [0.1, 0.15) is 0 Å². The highest BCUT2D eigenvalue weighted by Gasteiger charge is 2.65. The summed E-state index contributed by atoms with van der Waals surface area (Å²) in [6.45, 7) is 21.7. The second kappa shape index (κ2) is 39.7. The predicted molar refractivity (Wildman–Crippen MR) is 273 cm³/mol. The summed E-state index contributed by atoms with van der Waals surface area (Å²) in [7, 11) is -3.00. The van der Waals surface area contributed by atoms with Crippen molar-refractivity contribution in [1.29, 1.82) is 0 Å². The molecule has 0 heterocycles. The van der Waals surface area contributed by atoms with Crippen LogP contribution in [0.3, 0.4) is 0 Å². The van der Waals surface area contributed by atoms with Crippen molar-refractivity contribution in [3.05, 3.63) is 0 Å². The SMILES string of the molecule is CCCCCCCCCCCCCCCCC(C)(C)[Si]([O])(C(C)(C)CCCCCCCCCCCCCCCC)C(C)(C)CCCCCCCCCCCCCCCC. The fourth-order valence-electron chi connectivity index (χ4n) is 11.6. The summed E-state index contributed by atoms with van der Waals surface area (Å²) < 4.78 is 0. The van der Waals surface area contributed by atoms with Crippen LogP contribution in [0.2, 0.25) is 15.1 Å². The van der Waals surface area contributed by atoms with Crippen LogP contribution in [0.25, 0.3) is 0 Å². The molecular formula is C57H117OSi. The van der Waals surface area contributed by atoms with Crippen molar-refractivity contribution in [3.63, 3.8) is 0 Å². The summed E-state index contributed by atoms with van der Waals surface area (Å²) in [6.07, 6.45) is 62.3. The van der Waals surface area contributed by atoms with E-state index in [4.69, 9.17) is 0 Å². The fraction of sp³-hybridized carbons (Fsp3) is 1.00. The summed E-state index contributed by atoms with van der Waals surface area (Å²) in [5.41, 5.74) is 0. The molecule has 0 aliphatic heterocycles. The van der Waals surface area contributed by atoms with Crippen LogP contribution < -0.4 is 0 Å². The number of hydrogen-bond donors (Lipinski definition) is 0. The zero-order valence-corrected chi connectivity index (χ0v) is 44.2. The van der Waals surface area contributed by atoms with E-state index < -0.39 is 8.32 Å². The topological polar surface area (TPSA) is 19.9 Å². The number of rotatable bonds is 48. The molecule has 0 atom stereocenters. The summed E-state index contributed by atoms with van der Waals surface area (Å²) >= 11 is 0. The molecule has 0 N–H and O–H groups in total. The highest BCUT2D eigenvalue weighted by atomic mass is 28.4. The predicted octanol–water partition coefficient (Wildman–Crippen LogP) is 22.3. The van der Waals surface area contributed by atoms with Gasteiger partial charge in [-0.3, -0.25) is 4.80 Å². The molecule has 2 heteroatoms. The van der Waals surface area contributed by atoms with Crippen molar-refractivity contribution in [2.45, 2.75) is 366 Å². The van der Waals surface area contributed by atoms with Gasteiger partial charge in [0.2, 0.25) is 0 Å². The normalized spacial score (nSPS) is 12.9. The van der Waals surface area contributed by atoms with Crippen molar-refractivity contribution < 1.29 is 4.80 Å². The molecule has 59 heavy (non-hydrogen) atoms. The van der Waals surface area contributed by atoms with Gasteiger partial charge < -0.3 is 0 Å². The van der Waals surface area contributed by atoms with Crippen LogP contribution in [0, 0.1) is 0 Å². The molecule has 0 rings (SSSR count). The van der Waals surface area contributed by atoms with E-state index in [2.05, 4.69) is 62.3 Å². The van der Waals surface area contributed by atoms with Gasteiger partial charge in [0.25, 0.3) is 8.32 Å². The smallest absolute Gasteiger partial charge is 0.254 e. The number of hydrogen-bond acceptors (Lipinski definition) is 0. The third-order valence-corrected chi connectivity index (χ3v) is 21.8. The lowest BCUT2D eigenvalue weighted by molar-refractivity contribution is 0.254. The highest BCUT2D eigenvalue weighted by Crippen LogP contribution is 2.66. The highest BCUT2D eigenvalue weighted by molar-refractivity contribution is 6.80. The van der Waals surface area contributed by atoms with Crippen LogP contribution in [-0.2, 0) is 4.80 Å². The van der Waals surface area contributed by atoms with Crippen LogP contribution in [0.4, 0.5) is 0 Å². The van der Waals surface area contributed by atoms with Gasteiger partial charge in [-0.05, 0) is 34.4 Å². The van der Waals surface area contributed by atoms with Crippen molar-refractivity contribution in [3.8, 4) is 0 Å². The standard InChI is InChI=1S/C57H117OSi/c1-10-13-16-19-22-25-28-31-34-37-40-43-46-49-52-55(4,5)59(58,56(6,7)53-50-47-44-41-38-35-32-29-26-23-20-17-14-11-2)57(8,9)54-51-48-45-42-39-36-33-30-27-24-21-18-15-12-3/h10-54H2,1-9H3. The van der Waals surface area contributed by atoms with Crippen LogP contribution >= 0.6 is 0 Å². The van der Waals surface area contributed by atoms with E-state index in [1.165, 1.54) is 270 Å². The monoisotopic (exact) mass is 846 g/mol. The minimum absolute atomic E-state index is 0.0802. The molecule has 0 aromatic heterocycles. The van der Waals surface area contributed by atoms with E-state index in [1.807, 2.05) is 0 Å². The quantitative estimate of drug-likeness (QED) is 0.0429. The van der Waals surface area contributed by atoms with Gasteiger partial charge in [0.15, 0.2) is 0 Å². The molecule has 0 amide bonds. The zero-order valence-electron chi connectivity index (χ0n) is 43.2. The van der Waals surface area contributed by atoms with Gasteiger partial charge in [0.05, 0.1) is 0 Å². The van der Waals surface area contributed by atoms with E-state index in [0.717, 1.165) is 19.3 Å². The Morgan fingerprint density at radius 3 is 0.475 bits per heavy atom. The van der Waals surface area contributed by atoms with Crippen molar-refractivity contribution in [2.75, 3.05) is 0 Å². The summed E-state index contributed by atoms with van der Waals surface area (Å²) in [5, 5.41) is -0.241. The Hall–Kier alpha value is 0.177. The van der Waals surface area contributed by atoms with Gasteiger partial charge in [-0.2, -0.15) is 0 Å². The first-order chi connectivity index (χ1) is 28.4. The molecule has 0 saturated heterocycles. The molecule has 0 fully saturated rings. The molecule has 0 aliphatic rings. The van der Waals surface area contributed by atoms with E-state index in [1.54, 1.807) is 0 Å². The van der Waals surface area contributed by atoms with Crippen LogP contribution in [0.1, 0.15) is 351 Å². The molecule has 0 aliphatic carbocycles. The summed E-state index contributed by atoms with van der Waals surface area (Å²) in [6, 6.07) is 0. The Labute approximate surface area is 377 Å². The fourth-order valence-corrected chi connectivity index (χ4v) is 18.6. The van der Waals surface area contributed by atoms with Crippen LogP contribution in [0.15, 0.2) is 0 Å². The van der Waals surface area contributed by atoms with Crippen molar-refractivity contribution in [2.24, 2.45) is 0 Å². The largest absolute Gasteiger partial charge is 0.296 e. The first kappa shape index (κ1) is 59.2. The Balaban J connectivity index is 4.91. The van der Waals surface area contributed by atoms with Gasteiger partial charge >= 0.3 is 0 Å². The average molecular weight is 847 g/mol. The Morgan fingerprint density at radius 2 is 0.339 bits per heavy atom. The Bertz CT molecular complexity index is 736. The van der Waals surface area contributed by atoms with Crippen molar-refractivity contribution >= 4 is 8.32 Å². The Morgan fingerprint density at radius 1 is 0.220 bits per heavy atom. The molecule has 0 aromatic carbocycles. The van der Waals surface area contributed by atoms with Gasteiger partial charge in [-0.25, -0.2) is 0 Å². The minimum atomic E-state index is -3.00. The average Bonchev–Trinajstić information content (AvgIpc) is 3.20. The van der Waals surface area contributed by atoms with Gasteiger partial charge in [0, 0.05) is 0 Å². The first-order valence-corrected chi connectivity index (χ1v) is 30.0. The van der Waals surface area contributed by atoms with Gasteiger partial charge in [-0.15, -0.1) is 0 Å². The third-order valence-electron chi connectivity index (χ3n) is 15.3. The maximum atomic E-state index is 16.2. The van der Waals surface area contributed by atoms with E-state index in [-0.39, 0.29) is 15.1 Å². The molecule has 0 saturated carbocycles. The lowest BCUT2D eigenvalue weighted by Crippen LogP contribution is -2.60. The molecule has 1 nitrogen and oxygen atoms in total. The van der Waals surface area contributed by atoms with E-state index >= 15 is 4.80 Å². The summed E-state index contributed by atoms with van der Waals surface area (Å²) in [4.78, 5) is 16.2. The second-order valence-electron chi connectivity index (χ2n) is 22.4. The van der Waals surface area contributed by atoms with Crippen molar-refractivity contribution in [1.82, 2.24) is 0 Å². The third kappa shape index (κ3) is 30.0. The maximum absolute atomic E-state index is 16.2. The Kier molecular flexibility index (Phi) is 39.9. The molecule has 0 aromatic rings. The molecule has 0 unspecified atom stereocenters. The van der Waals surface area contributed by atoms with E-state index in [9.17, 15) is 0 Å². The lowest BCUT2D eigenvalue weighted by atomic mass is 9.99. The van der Waals surface area contributed by atoms with Gasteiger partial charge in [-0.1, -0.05) is 332 Å². The molecule has 0 spiro atoms. The molecule has 0 bridgehead atoms. The second-order valence-corrected chi connectivity index (χ2v) is 27.8. The summed E-state index contributed by atoms with van der Waals surface area (Å²) in [5.74, 6) is 0. The maximum Gasteiger partial charge on any atom is 0.254 e. The van der Waals surface area contributed by atoms with E-state index in [0.29, 0.717) is 0 Å². The first-order valence-electron chi connectivity index (χ1n) is 28.1.